The summed E-state index contributed by atoms with van der Waals surface area (Å²) in [5, 5.41) is 0. The Bertz CT molecular complexity index is 725. The molecule has 0 N–H and O–H groups in total. The van der Waals surface area contributed by atoms with Crippen LogP contribution < -0.4 is 0 Å². The molecule has 0 radical (unpaired) electrons. The Hall–Kier alpha value is -1.92. The average Bonchev–Trinajstić information content (AvgIpc) is 2.66. The second-order valence-electron chi connectivity index (χ2n) is 8.95. The SMILES string of the molecule is Cc1cc(C)cc(C(=O)N2CCN(CC(=O)N3CCN(C4CCC4)CC3)CC2)c1. The van der Waals surface area contributed by atoms with E-state index >= 15 is 0 Å². The summed E-state index contributed by atoms with van der Waals surface area (Å²) >= 11 is 0. The highest BCUT2D eigenvalue weighted by atomic mass is 16.2. The predicted octanol–water partition coefficient (Wildman–Crippen LogP) is 1.76. The van der Waals surface area contributed by atoms with E-state index < -0.39 is 0 Å². The first-order valence-electron chi connectivity index (χ1n) is 11.1. The number of nitrogens with zero attached hydrogens (tertiary/aromatic N) is 4. The van der Waals surface area contributed by atoms with Crippen LogP contribution in [-0.4, -0.2) is 96.4 Å². The van der Waals surface area contributed by atoms with Crippen LogP contribution in [0.5, 0.6) is 0 Å². The molecular formula is C23H34N4O2. The van der Waals surface area contributed by atoms with Crippen LogP contribution in [0.4, 0.5) is 0 Å². The molecular weight excluding hydrogens is 364 g/mol. The third kappa shape index (κ3) is 4.81. The summed E-state index contributed by atoms with van der Waals surface area (Å²) in [4.78, 5) is 34.3. The van der Waals surface area contributed by atoms with Crippen LogP contribution in [-0.2, 0) is 4.79 Å². The van der Waals surface area contributed by atoms with Crippen molar-refractivity contribution in [3.63, 3.8) is 0 Å². The normalized spacial score (nSPS) is 21.9. The van der Waals surface area contributed by atoms with Gasteiger partial charge in [0.25, 0.3) is 5.91 Å². The highest BCUT2D eigenvalue weighted by Gasteiger charge is 2.30. The van der Waals surface area contributed by atoms with Gasteiger partial charge in [0, 0.05) is 64.0 Å². The van der Waals surface area contributed by atoms with Crippen molar-refractivity contribution < 1.29 is 9.59 Å². The minimum absolute atomic E-state index is 0.106. The van der Waals surface area contributed by atoms with Crippen molar-refractivity contribution in [2.75, 3.05) is 58.9 Å². The van der Waals surface area contributed by atoms with E-state index in [-0.39, 0.29) is 11.8 Å². The molecule has 1 aromatic rings. The highest BCUT2D eigenvalue weighted by Crippen LogP contribution is 2.25. The molecule has 0 aromatic heterocycles. The number of hydrogen-bond acceptors (Lipinski definition) is 4. The molecule has 1 aliphatic carbocycles. The summed E-state index contributed by atoms with van der Waals surface area (Å²) in [5.74, 6) is 0.349. The Balaban J connectivity index is 1.22. The van der Waals surface area contributed by atoms with Crippen molar-refractivity contribution in [1.82, 2.24) is 19.6 Å². The fourth-order valence-corrected chi connectivity index (χ4v) is 4.77. The van der Waals surface area contributed by atoms with Crippen molar-refractivity contribution in [1.29, 1.82) is 0 Å². The maximum Gasteiger partial charge on any atom is 0.253 e. The smallest absolute Gasteiger partial charge is 0.253 e. The molecule has 158 valence electrons. The topological polar surface area (TPSA) is 47.1 Å². The number of piperazine rings is 2. The molecule has 3 aliphatic rings. The molecule has 0 spiro atoms. The maximum atomic E-state index is 12.8. The van der Waals surface area contributed by atoms with Gasteiger partial charge < -0.3 is 9.80 Å². The van der Waals surface area contributed by atoms with E-state index in [9.17, 15) is 9.59 Å². The van der Waals surface area contributed by atoms with Crippen molar-refractivity contribution in [3.05, 3.63) is 34.9 Å². The van der Waals surface area contributed by atoms with E-state index in [1.165, 1.54) is 19.3 Å². The minimum Gasteiger partial charge on any atom is -0.339 e. The Morgan fingerprint density at radius 3 is 1.97 bits per heavy atom. The fraction of sp³-hybridized carbons (Fsp3) is 0.652. The molecule has 4 rings (SSSR count). The number of carbonyl (C=O) groups excluding carboxylic acids is 2. The second-order valence-corrected chi connectivity index (χ2v) is 8.95. The molecule has 29 heavy (non-hydrogen) atoms. The average molecular weight is 399 g/mol. The van der Waals surface area contributed by atoms with Gasteiger partial charge in [-0.3, -0.25) is 19.4 Å². The van der Waals surface area contributed by atoms with E-state index in [1.54, 1.807) is 0 Å². The summed E-state index contributed by atoms with van der Waals surface area (Å²) in [6.45, 7) is 11.2. The minimum atomic E-state index is 0.106. The molecule has 0 bridgehead atoms. The molecule has 0 unspecified atom stereocenters. The van der Waals surface area contributed by atoms with Gasteiger partial charge in [0.1, 0.15) is 0 Å². The Labute approximate surface area is 174 Å². The Kier molecular flexibility index (Phi) is 6.20. The molecule has 3 fully saturated rings. The van der Waals surface area contributed by atoms with E-state index in [4.69, 9.17) is 0 Å². The van der Waals surface area contributed by atoms with Crippen LogP contribution >= 0.6 is 0 Å². The van der Waals surface area contributed by atoms with Gasteiger partial charge in [0.05, 0.1) is 6.54 Å². The largest absolute Gasteiger partial charge is 0.339 e. The lowest BCUT2D eigenvalue weighted by atomic mass is 9.91. The number of aryl methyl sites for hydroxylation is 2. The number of rotatable bonds is 4. The van der Waals surface area contributed by atoms with Gasteiger partial charge in [-0.05, 0) is 38.8 Å². The third-order valence-electron chi connectivity index (χ3n) is 6.75. The van der Waals surface area contributed by atoms with Crippen molar-refractivity contribution in [2.24, 2.45) is 0 Å². The Morgan fingerprint density at radius 1 is 0.828 bits per heavy atom. The quantitative estimate of drug-likeness (QED) is 0.775. The zero-order valence-corrected chi connectivity index (χ0v) is 17.9. The molecule has 1 aromatic carbocycles. The van der Waals surface area contributed by atoms with E-state index in [1.807, 2.05) is 35.8 Å². The van der Waals surface area contributed by atoms with Gasteiger partial charge in [0.15, 0.2) is 0 Å². The number of hydrogen-bond donors (Lipinski definition) is 0. The van der Waals surface area contributed by atoms with Crippen LogP contribution in [0.25, 0.3) is 0 Å². The highest BCUT2D eigenvalue weighted by molar-refractivity contribution is 5.94. The summed E-state index contributed by atoms with van der Waals surface area (Å²) in [7, 11) is 0. The zero-order chi connectivity index (χ0) is 20.4. The lowest BCUT2D eigenvalue weighted by Gasteiger charge is -2.43. The van der Waals surface area contributed by atoms with E-state index in [0.717, 1.165) is 62.0 Å². The van der Waals surface area contributed by atoms with Gasteiger partial charge in [0.2, 0.25) is 5.91 Å². The first-order valence-corrected chi connectivity index (χ1v) is 11.1. The molecule has 0 atom stereocenters. The summed E-state index contributed by atoms with van der Waals surface area (Å²) in [6.07, 6.45) is 4.03. The van der Waals surface area contributed by atoms with E-state index in [2.05, 4.69) is 15.9 Å². The number of amides is 2. The van der Waals surface area contributed by atoms with Gasteiger partial charge in [-0.25, -0.2) is 0 Å². The van der Waals surface area contributed by atoms with Crippen LogP contribution in [0, 0.1) is 13.8 Å². The van der Waals surface area contributed by atoms with Crippen molar-refractivity contribution in [3.8, 4) is 0 Å². The van der Waals surface area contributed by atoms with Gasteiger partial charge in [-0.2, -0.15) is 0 Å². The predicted molar refractivity (Wildman–Crippen MR) is 114 cm³/mol. The number of carbonyl (C=O) groups is 2. The van der Waals surface area contributed by atoms with Gasteiger partial charge in [-0.15, -0.1) is 0 Å². The lowest BCUT2D eigenvalue weighted by Crippen LogP contribution is -2.56. The number of benzene rings is 1. The molecule has 6 heteroatoms. The second kappa shape index (κ2) is 8.84. The van der Waals surface area contributed by atoms with Gasteiger partial charge in [-0.1, -0.05) is 23.6 Å². The van der Waals surface area contributed by atoms with Crippen LogP contribution in [0.15, 0.2) is 18.2 Å². The summed E-state index contributed by atoms with van der Waals surface area (Å²) < 4.78 is 0. The zero-order valence-electron chi connectivity index (χ0n) is 17.9. The van der Waals surface area contributed by atoms with Crippen molar-refractivity contribution in [2.45, 2.75) is 39.2 Å². The fourth-order valence-electron chi connectivity index (χ4n) is 4.77. The molecule has 2 aliphatic heterocycles. The monoisotopic (exact) mass is 398 g/mol. The maximum absolute atomic E-state index is 12.8. The Morgan fingerprint density at radius 2 is 1.41 bits per heavy atom. The summed E-state index contributed by atoms with van der Waals surface area (Å²) in [5.41, 5.74) is 3.02. The van der Waals surface area contributed by atoms with Crippen molar-refractivity contribution >= 4 is 11.8 Å². The lowest BCUT2D eigenvalue weighted by molar-refractivity contribution is -0.135. The van der Waals surface area contributed by atoms with Crippen LogP contribution in [0.1, 0.15) is 40.7 Å². The summed E-state index contributed by atoms with van der Waals surface area (Å²) in [6, 6.07) is 6.80. The van der Waals surface area contributed by atoms with E-state index in [0.29, 0.717) is 19.6 Å². The molecule has 2 amide bonds. The first kappa shape index (κ1) is 20.4. The molecule has 2 heterocycles. The first-order chi connectivity index (χ1) is 14.0. The van der Waals surface area contributed by atoms with Crippen LogP contribution in [0.3, 0.4) is 0 Å². The molecule has 2 saturated heterocycles. The van der Waals surface area contributed by atoms with Gasteiger partial charge >= 0.3 is 0 Å². The molecule has 6 nitrogen and oxygen atoms in total. The molecule has 1 saturated carbocycles. The van der Waals surface area contributed by atoms with Crippen LogP contribution in [0.2, 0.25) is 0 Å². The third-order valence-corrected chi connectivity index (χ3v) is 6.75. The standard InChI is InChI=1S/C23H34N4O2/c1-18-14-19(2)16-20(15-18)23(29)27-8-6-24(7-9-27)17-22(28)26-12-10-25(11-13-26)21-4-3-5-21/h14-16,21H,3-13,17H2,1-2H3.